The number of aryl methyl sites for hydroxylation is 1. The minimum atomic E-state index is -0.0930. The Morgan fingerprint density at radius 3 is 2.57 bits per heavy atom. The predicted octanol–water partition coefficient (Wildman–Crippen LogP) is 3.99. The summed E-state index contributed by atoms with van der Waals surface area (Å²) in [6.07, 6.45) is 0.812. The number of aromatic hydroxyl groups is 2. The van der Waals surface area contributed by atoms with Gasteiger partial charge in [-0.15, -0.1) is 0 Å². The van der Waals surface area contributed by atoms with Gasteiger partial charge >= 0.3 is 0 Å². The highest BCUT2D eigenvalue weighted by Crippen LogP contribution is 2.50. The molecule has 110 valence electrons. The maximum Gasteiger partial charge on any atom is 0.172 e. The lowest BCUT2D eigenvalue weighted by molar-refractivity contribution is 0.294. The normalized spacial score (nSPS) is 16.7. The lowest BCUT2D eigenvalue weighted by Gasteiger charge is -2.34. The van der Waals surface area contributed by atoms with Crippen LogP contribution in [-0.2, 0) is 6.42 Å². The van der Waals surface area contributed by atoms with E-state index in [1.165, 1.54) is 11.1 Å². The van der Waals surface area contributed by atoms with Gasteiger partial charge in [-0.2, -0.15) is 0 Å². The minimum absolute atomic E-state index is 0.0385. The Balaban J connectivity index is 2.36. The van der Waals surface area contributed by atoms with Gasteiger partial charge in [-0.05, 0) is 71.7 Å². The first-order valence-electron chi connectivity index (χ1n) is 6.91. The average molecular weight is 348 g/mol. The van der Waals surface area contributed by atoms with Gasteiger partial charge in [0, 0.05) is 11.6 Å². The molecule has 0 spiro atoms. The molecule has 1 atom stereocenters. The van der Waals surface area contributed by atoms with Gasteiger partial charge in [0.15, 0.2) is 11.5 Å². The average Bonchev–Trinajstić information content (AvgIpc) is 2.43. The van der Waals surface area contributed by atoms with E-state index in [0.29, 0.717) is 4.47 Å². The number of hydrogen-bond donors (Lipinski definition) is 2. The Bertz CT molecular complexity index is 725. The maximum absolute atomic E-state index is 10.4. The van der Waals surface area contributed by atoms with Gasteiger partial charge in [0.05, 0.1) is 4.47 Å². The Hall–Kier alpha value is -1.52. The van der Waals surface area contributed by atoms with Crippen LogP contribution in [0.15, 0.2) is 28.7 Å². The SMILES string of the molecule is Cc1cccc2c1C(N(C)C)Cc1cc(Br)c(O)c(O)c1-2. The number of fused-ring (bicyclic) bond motifs is 3. The summed E-state index contributed by atoms with van der Waals surface area (Å²) in [4.78, 5) is 2.20. The van der Waals surface area contributed by atoms with Gasteiger partial charge in [-0.25, -0.2) is 0 Å². The Morgan fingerprint density at radius 1 is 1.19 bits per heavy atom. The molecule has 0 amide bonds. The van der Waals surface area contributed by atoms with E-state index in [2.05, 4.69) is 47.9 Å². The van der Waals surface area contributed by atoms with Crippen LogP contribution in [0.2, 0.25) is 0 Å². The van der Waals surface area contributed by atoms with Crippen molar-refractivity contribution in [3.05, 3.63) is 45.4 Å². The first-order chi connectivity index (χ1) is 9.91. The van der Waals surface area contributed by atoms with Crippen LogP contribution < -0.4 is 0 Å². The van der Waals surface area contributed by atoms with Crippen LogP contribution in [0.1, 0.15) is 22.7 Å². The first-order valence-corrected chi connectivity index (χ1v) is 7.70. The third-order valence-corrected chi connectivity index (χ3v) is 4.88. The molecule has 1 aliphatic carbocycles. The van der Waals surface area contributed by atoms with E-state index in [1.54, 1.807) is 0 Å². The number of rotatable bonds is 1. The molecular formula is C17H18BrNO2. The van der Waals surface area contributed by atoms with E-state index in [1.807, 2.05) is 18.2 Å². The Labute approximate surface area is 133 Å². The van der Waals surface area contributed by atoms with Gasteiger partial charge in [0.25, 0.3) is 0 Å². The first kappa shape index (κ1) is 14.4. The van der Waals surface area contributed by atoms with Crippen LogP contribution in [0.4, 0.5) is 0 Å². The van der Waals surface area contributed by atoms with Crippen molar-refractivity contribution in [3.63, 3.8) is 0 Å². The fourth-order valence-electron chi connectivity index (χ4n) is 3.23. The molecule has 0 aliphatic heterocycles. The van der Waals surface area contributed by atoms with Crippen molar-refractivity contribution in [2.45, 2.75) is 19.4 Å². The van der Waals surface area contributed by atoms with Crippen LogP contribution in [0.25, 0.3) is 11.1 Å². The van der Waals surface area contributed by atoms with Crippen LogP contribution in [0, 0.1) is 6.92 Å². The van der Waals surface area contributed by atoms with Crippen molar-refractivity contribution in [2.24, 2.45) is 0 Å². The summed E-state index contributed by atoms with van der Waals surface area (Å²) in [5.41, 5.74) is 5.25. The molecule has 21 heavy (non-hydrogen) atoms. The van der Waals surface area contributed by atoms with Crippen molar-refractivity contribution in [1.29, 1.82) is 0 Å². The number of benzene rings is 2. The highest BCUT2D eigenvalue weighted by Gasteiger charge is 2.31. The molecule has 0 heterocycles. The second kappa shape index (κ2) is 5.04. The van der Waals surface area contributed by atoms with E-state index in [9.17, 15) is 10.2 Å². The molecule has 0 aromatic heterocycles. The summed E-state index contributed by atoms with van der Waals surface area (Å²) < 4.78 is 0.535. The maximum atomic E-state index is 10.4. The minimum Gasteiger partial charge on any atom is -0.504 e. The van der Waals surface area contributed by atoms with E-state index in [4.69, 9.17) is 0 Å². The molecular weight excluding hydrogens is 330 g/mol. The molecule has 2 aromatic rings. The zero-order chi connectivity index (χ0) is 15.3. The van der Waals surface area contributed by atoms with Gasteiger partial charge in [-0.3, -0.25) is 0 Å². The Kier molecular flexibility index (Phi) is 3.46. The summed E-state index contributed by atoms with van der Waals surface area (Å²) in [5, 5.41) is 20.4. The third-order valence-electron chi connectivity index (χ3n) is 4.27. The molecule has 2 N–H and O–H groups in total. The number of nitrogens with zero attached hydrogens (tertiary/aromatic N) is 1. The predicted molar refractivity (Wildman–Crippen MR) is 87.8 cm³/mol. The molecule has 0 fully saturated rings. The quantitative estimate of drug-likeness (QED) is 0.766. The summed E-state index contributed by atoms with van der Waals surface area (Å²) in [7, 11) is 4.14. The molecule has 2 aromatic carbocycles. The lowest BCUT2D eigenvalue weighted by Crippen LogP contribution is -2.26. The van der Waals surface area contributed by atoms with Crippen molar-refractivity contribution in [3.8, 4) is 22.6 Å². The lowest BCUT2D eigenvalue weighted by atomic mass is 9.79. The summed E-state index contributed by atoms with van der Waals surface area (Å²) in [6.45, 7) is 2.09. The fourth-order valence-corrected chi connectivity index (χ4v) is 3.69. The molecule has 1 unspecified atom stereocenters. The standard InChI is InChI=1S/C17H18BrNO2/c1-9-5-4-6-11-14(9)13(19(2)3)8-10-7-12(18)16(20)17(21)15(10)11/h4-7,13,20-21H,8H2,1-3H3. The molecule has 3 rings (SSSR count). The monoisotopic (exact) mass is 347 g/mol. The highest BCUT2D eigenvalue weighted by atomic mass is 79.9. The van der Waals surface area contributed by atoms with Crippen molar-refractivity contribution in [2.75, 3.05) is 14.1 Å². The summed E-state index contributed by atoms with van der Waals surface area (Å²) >= 11 is 3.31. The van der Waals surface area contributed by atoms with Crippen LogP contribution >= 0.6 is 15.9 Å². The van der Waals surface area contributed by atoms with Gasteiger partial charge in [0.1, 0.15) is 0 Å². The zero-order valence-corrected chi connectivity index (χ0v) is 13.9. The van der Waals surface area contributed by atoms with Crippen LogP contribution in [-0.4, -0.2) is 29.2 Å². The van der Waals surface area contributed by atoms with E-state index in [-0.39, 0.29) is 17.5 Å². The number of phenols is 2. The molecule has 0 saturated heterocycles. The molecule has 3 nitrogen and oxygen atoms in total. The van der Waals surface area contributed by atoms with Crippen LogP contribution in [0.5, 0.6) is 11.5 Å². The fraction of sp³-hybridized carbons (Fsp3) is 0.294. The van der Waals surface area contributed by atoms with Gasteiger partial charge in [-0.1, -0.05) is 18.2 Å². The molecule has 0 saturated carbocycles. The number of halogens is 1. The van der Waals surface area contributed by atoms with Crippen molar-refractivity contribution in [1.82, 2.24) is 4.90 Å². The van der Waals surface area contributed by atoms with E-state index < -0.39 is 0 Å². The smallest absolute Gasteiger partial charge is 0.172 e. The summed E-state index contributed by atoms with van der Waals surface area (Å²) in [6, 6.07) is 8.28. The zero-order valence-electron chi connectivity index (χ0n) is 12.3. The second-order valence-corrected chi connectivity index (χ2v) is 6.66. The van der Waals surface area contributed by atoms with Gasteiger partial charge in [0.2, 0.25) is 0 Å². The van der Waals surface area contributed by atoms with Crippen molar-refractivity contribution >= 4 is 15.9 Å². The van der Waals surface area contributed by atoms with Crippen molar-refractivity contribution < 1.29 is 10.2 Å². The molecule has 1 aliphatic rings. The van der Waals surface area contributed by atoms with Crippen LogP contribution in [0.3, 0.4) is 0 Å². The number of hydrogen-bond acceptors (Lipinski definition) is 3. The molecule has 4 heteroatoms. The highest BCUT2D eigenvalue weighted by molar-refractivity contribution is 9.10. The second-order valence-electron chi connectivity index (χ2n) is 5.81. The van der Waals surface area contributed by atoms with Gasteiger partial charge < -0.3 is 15.1 Å². The molecule has 0 radical (unpaired) electrons. The largest absolute Gasteiger partial charge is 0.504 e. The Morgan fingerprint density at radius 2 is 1.90 bits per heavy atom. The third kappa shape index (κ3) is 2.14. The number of likely N-dealkylation sites (N-methyl/N-ethyl adjacent to an activating group) is 1. The topological polar surface area (TPSA) is 43.7 Å². The summed E-state index contributed by atoms with van der Waals surface area (Å²) in [5.74, 6) is -0.132. The van der Waals surface area contributed by atoms with E-state index >= 15 is 0 Å². The molecule has 0 bridgehead atoms. The number of phenolic OH excluding ortho intramolecular Hbond substituents is 2. The van der Waals surface area contributed by atoms with E-state index in [0.717, 1.165) is 23.1 Å².